The highest BCUT2D eigenvalue weighted by molar-refractivity contribution is 5.85. The third-order valence-electron chi connectivity index (χ3n) is 7.17. The minimum Gasteiger partial charge on any atom is -0.507 e. The number of aromatic hydroxyl groups is 1. The van der Waals surface area contributed by atoms with Crippen molar-refractivity contribution in [3.05, 3.63) is 29.6 Å². The van der Waals surface area contributed by atoms with Gasteiger partial charge in [0.1, 0.15) is 34.8 Å². The van der Waals surface area contributed by atoms with Crippen molar-refractivity contribution in [3.8, 4) is 17.2 Å². The summed E-state index contributed by atoms with van der Waals surface area (Å²) in [5, 5.41) is 17.0. The standard InChI is InChI=1S/C30H45N5O9/c1-29(2,3)35-25(31-26(38)17-42-24-14-20(41-9)13-23(37)21(24)16-36)15-22(32-35)18-10-11-19(12-18)43-27(39)33(7)34(8)28(40)44-30(4,5)6/h13-16,18-19,22,32,37H,10-12,17H2,1-9H3,(H,31,38)/t18-,19+,22?/m0/s1. The summed E-state index contributed by atoms with van der Waals surface area (Å²) < 4.78 is 21.7. The van der Waals surface area contributed by atoms with Crippen molar-refractivity contribution in [1.29, 1.82) is 0 Å². The number of methoxy groups -OCH3 is 1. The Morgan fingerprint density at radius 1 is 1.09 bits per heavy atom. The number of phenols is 1. The highest BCUT2D eigenvalue weighted by atomic mass is 16.6. The molecule has 1 aliphatic heterocycles. The number of benzene rings is 1. The molecular weight excluding hydrogens is 574 g/mol. The molecule has 1 saturated carbocycles. The lowest BCUT2D eigenvalue weighted by Gasteiger charge is -2.37. The molecule has 1 aromatic rings. The molecule has 1 fully saturated rings. The van der Waals surface area contributed by atoms with Crippen LogP contribution in [0, 0.1) is 5.92 Å². The van der Waals surface area contributed by atoms with E-state index in [2.05, 4.69) is 10.7 Å². The van der Waals surface area contributed by atoms with Gasteiger partial charge in [-0.2, -0.15) is 0 Å². The van der Waals surface area contributed by atoms with Crippen LogP contribution in [-0.2, 0) is 14.3 Å². The lowest BCUT2D eigenvalue weighted by molar-refractivity contribution is -0.123. The van der Waals surface area contributed by atoms with Crippen molar-refractivity contribution in [1.82, 2.24) is 25.8 Å². The highest BCUT2D eigenvalue weighted by Gasteiger charge is 2.40. The summed E-state index contributed by atoms with van der Waals surface area (Å²) in [6.07, 6.45) is 2.69. The van der Waals surface area contributed by atoms with E-state index in [9.17, 15) is 24.3 Å². The van der Waals surface area contributed by atoms with Crippen LogP contribution in [0.1, 0.15) is 71.2 Å². The Hall–Kier alpha value is -4.20. The average molecular weight is 620 g/mol. The number of hydrogen-bond donors (Lipinski definition) is 3. The van der Waals surface area contributed by atoms with Crippen LogP contribution in [0.2, 0.25) is 0 Å². The Balaban J connectivity index is 1.62. The molecule has 244 valence electrons. The van der Waals surface area contributed by atoms with Crippen LogP contribution < -0.4 is 20.2 Å². The van der Waals surface area contributed by atoms with Crippen LogP contribution in [0.4, 0.5) is 9.59 Å². The lowest BCUT2D eigenvalue weighted by atomic mass is 9.99. The number of amides is 3. The second-order valence-electron chi connectivity index (χ2n) is 12.8. The number of aldehydes is 1. The number of ether oxygens (including phenoxy) is 4. The monoisotopic (exact) mass is 619 g/mol. The Labute approximate surface area is 258 Å². The smallest absolute Gasteiger partial charge is 0.429 e. The fraction of sp³-hybridized carbons (Fsp3) is 0.600. The molecule has 1 heterocycles. The molecule has 0 bridgehead atoms. The van der Waals surface area contributed by atoms with E-state index in [4.69, 9.17) is 18.9 Å². The Kier molecular flexibility index (Phi) is 10.6. The molecule has 14 nitrogen and oxygen atoms in total. The van der Waals surface area contributed by atoms with Gasteiger partial charge in [0.25, 0.3) is 5.91 Å². The number of rotatable bonds is 8. The summed E-state index contributed by atoms with van der Waals surface area (Å²) in [7, 11) is 4.28. The maximum atomic E-state index is 12.9. The van der Waals surface area contributed by atoms with Gasteiger partial charge in [0.15, 0.2) is 12.9 Å². The number of nitrogens with one attached hydrogen (secondary N) is 2. The van der Waals surface area contributed by atoms with Gasteiger partial charge in [0, 0.05) is 31.8 Å². The predicted molar refractivity (Wildman–Crippen MR) is 160 cm³/mol. The summed E-state index contributed by atoms with van der Waals surface area (Å²) in [6, 6.07) is 2.55. The lowest BCUT2D eigenvalue weighted by Crippen LogP contribution is -2.52. The SMILES string of the molecule is COc1cc(O)c(C=O)c(OCC(=O)NC2=CC([C@H]3CC[C@@H](OC(=O)N(C)N(C)C(=O)OC(C)(C)C)C3)NN2C(C)(C)C)c1. The average Bonchev–Trinajstić information content (AvgIpc) is 3.56. The minimum atomic E-state index is -0.706. The van der Waals surface area contributed by atoms with Gasteiger partial charge in [-0.15, -0.1) is 0 Å². The van der Waals surface area contributed by atoms with Crippen LogP contribution in [0.15, 0.2) is 24.0 Å². The largest absolute Gasteiger partial charge is 0.507 e. The molecule has 14 heteroatoms. The van der Waals surface area contributed by atoms with Crippen molar-refractivity contribution < 1.29 is 43.2 Å². The second-order valence-corrected chi connectivity index (χ2v) is 12.8. The van der Waals surface area contributed by atoms with Crippen molar-refractivity contribution in [2.45, 2.75) is 84.1 Å². The highest BCUT2D eigenvalue weighted by Crippen LogP contribution is 2.35. The predicted octanol–water partition coefficient (Wildman–Crippen LogP) is 3.56. The van der Waals surface area contributed by atoms with E-state index in [0.29, 0.717) is 24.9 Å². The van der Waals surface area contributed by atoms with E-state index in [0.717, 1.165) is 16.4 Å². The zero-order chi connectivity index (χ0) is 33.0. The van der Waals surface area contributed by atoms with E-state index in [-0.39, 0.29) is 40.9 Å². The fourth-order valence-corrected chi connectivity index (χ4v) is 4.86. The van der Waals surface area contributed by atoms with Crippen LogP contribution in [0.25, 0.3) is 0 Å². The molecule has 44 heavy (non-hydrogen) atoms. The summed E-state index contributed by atoms with van der Waals surface area (Å²) in [6.45, 7) is 10.8. The topological polar surface area (TPSA) is 159 Å². The fourth-order valence-electron chi connectivity index (χ4n) is 4.86. The molecule has 3 atom stereocenters. The first-order valence-electron chi connectivity index (χ1n) is 14.4. The van der Waals surface area contributed by atoms with Crippen LogP contribution in [-0.4, -0.2) is 95.6 Å². The van der Waals surface area contributed by atoms with Crippen LogP contribution in [0.5, 0.6) is 17.2 Å². The van der Waals surface area contributed by atoms with Crippen molar-refractivity contribution in [3.63, 3.8) is 0 Å². The number of phenolic OH excluding ortho intramolecular Hbond substituents is 1. The number of hydrazine groups is 2. The summed E-state index contributed by atoms with van der Waals surface area (Å²) in [4.78, 5) is 49.5. The Morgan fingerprint density at radius 3 is 2.34 bits per heavy atom. The molecule has 3 rings (SSSR count). The summed E-state index contributed by atoms with van der Waals surface area (Å²) in [5.74, 6) is 0.149. The number of hydrogen-bond acceptors (Lipinski definition) is 11. The first kappa shape index (κ1) is 34.3. The molecule has 2 aliphatic rings. The van der Waals surface area contributed by atoms with Gasteiger partial charge in [-0.05, 0) is 72.8 Å². The number of nitrogens with zero attached hydrogens (tertiary/aromatic N) is 3. The minimum absolute atomic E-state index is 0.0190. The van der Waals surface area contributed by atoms with Gasteiger partial charge in [0.05, 0.1) is 18.7 Å². The van der Waals surface area contributed by atoms with Gasteiger partial charge in [0.2, 0.25) is 0 Å². The molecular formula is C30H45N5O9. The van der Waals surface area contributed by atoms with E-state index >= 15 is 0 Å². The number of carbonyl (C=O) groups is 4. The first-order valence-corrected chi connectivity index (χ1v) is 14.4. The van der Waals surface area contributed by atoms with Crippen molar-refractivity contribution in [2.75, 3.05) is 27.8 Å². The third kappa shape index (κ3) is 8.68. The Morgan fingerprint density at radius 2 is 1.75 bits per heavy atom. The molecule has 0 saturated heterocycles. The van der Waals surface area contributed by atoms with Crippen molar-refractivity contribution >= 4 is 24.4 Å². The maximum absolute atomic E-state index is 12.9. The maximum Gasteiger partial charge on any atom is 0.429 e. The summed E-state index contributed by atoms with van der Waals surface area (Å²) in [5.41, 5.74) is 2.27. The third-order valence-corrected chi connectivity index (χ3v) is 7.17. The number of carbonyl (C=O) groups excluding carboxylic acids is 4. The zero-order valence-corrected chi connectivity index (χ0v) is 26.9. The van der Waals surface area contributed by atoms with Crippen LogP contribution in [0.3, 0.4) is 0 Å². The normalized spacial score (nSPS) is 20.0. The van der Waals surface area contributed by atoms with Gasteiger partial charge in [-0.25, -0.2) is 25.0 Å². The van der Waals surface area contributed by atoms with Crippen molar-refractivity contribution in [2.24, 2.45) is 5.92 Å². The molecule has 0 aromatic heterocycles. The Bertz CT molecular complexity index is 1270. The molecule has 0 spiro atoms. The van der Waals surface area contributed by atoms with Crippen LogP contribution >= 0.6 is 0 Å². The van der Waals surface area contributed by atoms with E-state index < -0.39 is 35.8 Å². The molecule has 0 radical (unpaired) electrons. The molecule has 1 unspecified atom stereocenters. The quantitative estimate of drug-likeness (QED) is 0.289. The zero-order valence-electron chi connectivity index (χ0n) is 26.9. The van der Waals surface area contributed by atoms with E-state index in [1.54, 1.807) is 20.8 Å². The van der Waals surface area contributed by atoms with Gasteiger partial charge >= 0.3 is 12.2 Å². The molecule has 1 aliphatic carbocycles. The first-order chi connectivity index (χ1) is 20.4. The molecule has 3 N–H and O–H groups in total. The van der Waals surface area contributed by atoms with Gasteiger partial charge < -0.3 is 29.4 Å². The molecule has 3 amide bonds. The van der Waals surface area contributed by atoms with Gasteiger partial charge in [-0.1, -0.05) is 0 Å². The second kappa shape index (κ2) is 13.6. The van der Waals surface area contributed by atoms with E-state index in [1.807, 2.05) is 31.9 Å². The molecule has 1 aromatic carbocycles. The van der Waals surface area contributed by atoms with Gasteiger partial charge in [-0.3, -0.25) is 14.6 Å². The summed E-state index contributed by atoms with van der Waals surface area (Å²) >= 11 is 0. The van der Waals surface area contributed by atoms with E-state index in [1.165, 1.54) is 33.3 Å².